The molecule has 2 aliphatic rings. The summed E-state index contributed by atoms with van der Waals surface area (Å²) >= 11 is 7.18. The summed E-state index contributed by atoms with van der Waals surface area (Å²) in [4.78, 5) is 18.8. The van der Waals surface area contributed by atoms with Crippen LogP contribution < -0.4 is 5.69 Å². The van der Waals surface area contributed by atoms with Crippen molar-refractivity contribution in [2.75, 3.05) is 26.0 Å². The topological polar surface area (TPSA) is 115 Å². The molecule has 1 spiro atoms. The van der Waals surface area contributed by atoms with E-state index < -0.39 is 18.1 Å². The summed E-state index contributed by atoms with van der Waals surface area (Å²) in [6.45, 7) is 8.81. The number of halogens is 1. The third-order valence-corrected chi connectivity index (χ3v) is 12.8. The van der Waals surface area contributed by atoms with Crippen LogP contribution in [0.2, 0.25) is 30.8 Å². The molecule has 234 valence electrons. The van der Waals surface area contributed by atoms with Gasteiger partial charge in [0.05, 0.1) is 40.5 Å². The summed E-state index contributed by atoms with van der Waals surface area (Å²) in [5.41, 5.74) is 3.72. The highest BCUT2D eigenvalue weighted by molar-refractivity contribution is 7.88. The van der Waals surface area contributed by atoms with E-state index in [1.165, 1.54) is 6.26 Å². The lowest BCUT2D eigenvalue weighted by molar-refractivity contribution is 0.0177. The first-order valence-electron chi connectivity index (χ1n) is 15.0. The van der Waals surface area contributed by atoms with Crippen molar-refractivity contribution < 1.29 is 13.2 Å². The number of hydrogen-bond donors (Lipinski definition) is 0. The van der Waals surface area contributed by atoms with Crippen LogP contribution in [0.15, 0.2) is 35.3 Å². The number of sulfonamides is 1. The molecule has 3 aromatic heterocycles. The predicted molar refractivity (Wildman–Crippen MR) is 176 cm³/mol. The van der Waals surface area contributed by atoms with E-state index in [2.05, 4.69) is 25.7 Å². The average Bonchev–Trinajstić information content (AvgIpc) is 3.38. The number of aromatic nitrogens is 4. The Balaban J connectivity index is 1.48. The smallest absolute Gasteiger partial charge is 0.329 e. The summed E-state index contributed by atoms with van der Waals surface area (Å²) in [5.74, 6) is 0. The Morgan fingerprint density at radius 2 is 1.86 bits per heavy atom. The summed E-state index contributed by atoms with van der Waals surface area (Å²) < 4.78 is 37.1. The Morgan fingerprint density at radius 3 is 2.50 bits per heavy atom. The maximum atomic E-state index is 13.9. The molecular weight excluding hydrogens is 616 g/mol. The summed E-state index contributed by atoms with van der Waals surface area (Å²) in [6, 6.07) is 10.6. The summed E-state index contributed by atoms with van der Waals surface area (Å²) in [6.07, 6.45) is 6.20. The van der Waals surface area contributed by atoms with Crippen LogP contribution in [0.25, 0.3) is 33.2 Å². The van der Waals surface area contributed by atoms with E-state index in [1.807, 2.05) is 27.3 Å². The van der Waals surface area contributed by atoms with Crippen LogP contribution in [0.4, 0.5) is 0 Å². The zero-order chi connectivity index (χ0) is 31.6. The molecule has 44 heavy (non-hydrogen) atoms. The van der Waals surface area contributed by atoms with Crippen molar-refractivity contribution in [3.05, 3.63) is 51.7 Å². The minimum atomic E-state index is -3.20. The first-order valence-corrected chi connectivity index (χ1v) is 21.0. The van der Waals surface area contributed by atoms with Gasteiger partial charge in [-0.25, -0.2) is 22.5 Å². The molecule has 1 aromatic carbocycles. The second-order valence-electron chi connectivity index (χ2n) is 13.8. The minimum Gasteiger partial charge on any atom is -0.361 e. The van der Waals surface area contributed by atoms with Crippen LogP contribution in [0.5, 0.6) is 0 Å². The molecule has 0 amide bonds. The number of ether oxygens (including phenoxy) is 1. The van der Waals surface area contributed by atoms with Crippen molar-refractivity contribution >= 4 is 51.8 Å². The highest BCUT2D eigenvalue weighted by atomic mass is 35.5. The van der Waals surface area contributed by atoms with Crippen LogP contribution in [0, 0.1) is 16.7 Å². The number of benzene rings is 1. The van der Waals surface area contributed by atoms with E-state index in [0.29, 0.717) is 52.7 Å². The van der Waals surface area contributed by atoms with E-state index in [0.717, 1.165) is 42.6 Å². The normalized spacial score (nSPS) is 17.8. The van der Waals surface area contributed by atoms with Crippen molar-refractivity contribution in [3.8, 4) is 17.2 Å². The molecule has 4 aromatic rings. The molecule has 1 saturated carbocycles. The average molecular weight is 655 g/mol. The van der Waals surface area contributed by atoms with E-state index >= 15 is 0 Å². The Labute approximate surface area is 263 Å². The quantitative estimate of drug-likeness (QED) is 0.181. The molecule has 0 unspecified atom stereocenters. The van der Waals surface area contributed by atoms with Crippen molar-refractivity contribution in [1.82, 2.24) is 23.0 Å². The van der Waals surface area contributed by atoms with Gasteiger partial charge in [-0.3, -0.25) is 13.7 Å². The number of nitriles is 1. The molecule has 6 rings (SSSR count). The molecule has 0 N–H and O–H groups in total. The first-order chi connectivity index (χ1) is 20.7. The monoisotopic (exact) mass is 654 g/mol. The van der Waals surface area contributed by atoms with Crippen LogP contribution in [0.1, 0.15) is 37.3 Å². The Kier molecular flexibility index (Phi) is 7.86. The van der Waals surface area contributed by atoms with E-state index in [4.69, 9.17) is 21.3 Å². The molecule has 10 nitrogen and oxygen atoms in total. The molecule has 1 aliphatic carbocycles. The molecule has 2 fully saturated rings. The van der Waals surface area contributed by atoms with Crippen molar-refractivity contribution in [1.29, 1.82) is 5.26 Å². The number of imidazole rings is 1. The van der Waals surface area contributed by atoms with Crippen LogP contribution in [-0.2, 0) is 28.5 Å². The number of aryl methyl sites for hydroxylation is 1. The van der Waals surface area contributed by atoms with Gasteiger partial charge in [-0.1, -0.05) is 49.4 Å². The van der Waals surface area contributed by atoms with Crippen molar-refractivity contribution in [3.63, 3.8) is 0 Å². The highest BCUT2D eigenvalue weighted by Crippen LogP contribution is 2.49. The van der Waals surface area contributed by atoms with Crippen LogP contribution >= 0.6 is 11.6 Å². The van der Waals surface area contributed by atoms with Crippen molar-refractivity contribution in [2.45, 2.75) is 64.1 Å². The van der Waals surface area contributed by atoms with E-state index in [-0.39, 0.29) is 23.9 Å². The van der Waals surface area contributed by atoms with Crippen LogP contribution in [-0.4, -0.2) is 65.4 Å². The largest absolute Gasteiger partial charge is 0.361 e. The first kappa shape index (κ1) is 31.0. The van der Waals surface area contributed by atoms with Gasteiger partial charge in [-0.15, -0.1) is 0 Å². The molecule has 13 heteroatoms. The fraction of sp³-hybridized carbons (Fsp3) is 0.516. The minimum absolute atomic E-state index is 0.0264. The standard InChI is InChI=1S/C31H39ClN6O4SSi/c1-35-24-17-34-29-26(27(24)38(30(35)39)22-10-12-31(13-11-22)18-36(19-31)43(2,40)41)25(23-9-7-6-8-21(23)16-33)28(32)37(29)20-42-14-15-44(3,4)5/h6-9,17,22H,10-15,18-20H2,1-5H3. The van der Waals surface area contributed by atoms with Crippen molar-refractivity contribution in [2.24, 2.45) is 12.5 Å². The molecular formula is C31H39ClN6O4SSi. The third kappa shape index (κ3) is 5.32. The van der Waals surface area contributed by atoms with Gasteiger partial charge in [0, 0.05) is 52.0 Å². The molecule has 0 bridgehead atoms. The van der Waals surface area contributed by atoms with Gasteiger partial charge in [-0.2, -0.15) is 5.26 Å². The molecule has 1 aliphatic heterocycles. The number of rotatable bonds is 8. The fourth-order valence-corrected chi connectivity index (χ4v) is 8.96. The third-order valence-electron chi connectivity index (χ3n) is 9.46. The Hall–Kier alpha value is -2.95. The lowest BCUT2D eigenvalue weighted by Crippen LogP contribution is -2.59. The molecule has 1 saturated heterocycles. The molecule has 4 heterocycles. The SMILES string of the molecule is Cn1c(=O)n(C2CCC3(CC2)CN(S(C)(=O)=O)C3)c2c3c(-c4ccccc4C#N)c(Cl)n(COCC[Si](C)(C)C)c3ncc21. The van der Waals surface area contributed by atoms with Gasteiger partial charge < -0.3 is 4.74 Å². The number of nitrogens with zero attached hydrogens (tertiary/aromatic N) is 6. The predicted octanol–water partition coefficient (Wildman–Crippen LogP) is 5.57. The number of hydrogen-bond acceptors (Lipinski definition) is 6. The van der Waals surface area contributed by atoms with Gasteiger partial charge in [0.2, 0.25) is 10.0 Å². The highest BCUT2D eigenvalue weighted by Gasteiger charge is 2.48. The lowest BCUT2D eigenvalue weighted by Gasteiger charge is -2.52. The van der Waals surface area contributed by atoms with Gasteiger partial charge in [-0.05, 0) is 43.2 Å². The maximum absolute atomic E-state index is 13.9. The number of pyridine rings is 1. The summed E-state index contributed by atoms with van der Waals surface area (Å²) in [5, 5.41) is 11.2. The van der Waals surface area contributed by atoms with Gasteiger partial charge in [0.25, 0.3) is 0 Å². The Morgan fingerprint density at radius 1 is 1.18 bits per heavy atom. The summed E-state index contributed by atoms with van der Waals surface area (Å²) in [7, 11) is -2.74. The molecule has 0 radical (unpaired) electrons. The van der Waals surface area contributed by atoms with E-state index in [1.54, 1.807) is 28.2 Å². The second kappa shape index (κ2) is 11.1. The Bertz CT molecular complexity index is 1970. The van der Waals surface area contributed by atoms with Gasteiger partial charge >= 0.3 is 5.69 Å². The number of fused-ring (bicyclic) bond motifs is 3. The van der Waals surface area contributed by atoms with E-state index in [9.17, 15) is 18.5 Å². The van der Waals surface area contributed by atoms with Gasteiger partial charge in [0.15, 0.2) is 0 Å². The second-order valence-corrected chi connectivity index (χ2v) is 21.7. The zero-order valence-corrected chi connectivity index (χ0v) is 28.5. The zero-order valence-electron chi connectivity index (χ0n) is 25.9. The van der Waals surface area contributed by atoms with Gasteiger partial charge in [0.1, 0.15) is 17.5 Å². The fourth-order valence-electron chi connectivity index (χ4n) is 6.86. The molecule has 0 atom stereocenters. The van der Waals surface area contributed by atoms with Crippen LogP contribution in [0.3, 0.4) is 0 Å². The maximum Gasteiger partial charge on any atom is 0.329 e. The lowest BCUT2D eigenvalue weighted by atomic mass is 9.68.